The average molecular weight is 398 g/mol. The molecule has 1 aromatic heterocycles. The van der Waals surface area contributed by atoms with Crippen molar-refractivity contribution in [3.05, 3.63) is 77.7 Å². The molecule has 3 aromatic rings. The second kappa shape index (κ2) is 9.19. The van der Waals surface area contributed by atoms with Crippen molar-refractivity contribution < 1.29 is 14.1 Å². The van der Waals surface area contributed by atoms with Crippen molar-refractivity contribution >= 4 is 17.5 Å². The van der Waals surface area contributed by atoms with E-state index in [9.17, 15) is 4.79 Å². The van der Waals surface area contributed by atoms with Crippen LogP contribution in [0.3, 0.4) is 0 Å². The summed E-state index contributed by atoms with van der Waals surface area (Å²) in [5, 5.41) is 4.60. The predicted octanol–water partition coefficient (Wildman–Crippen LogP) is 4.29. The Kier molecular flexibility index (Phi) is 6.45. The number of carbonyl (C=O) groups excluding carboxylic acids is 1. The zero-order chi connectivity index (χ0) is 19.9. The van der Waals surface area contributed by atoms with Gasteiger partial charge in [0.15, 0.2) is 6.61 Å². The average Bonchev–Trinajstić information content (AvgIpc) is 3.16. The number of hydrogen-bond acceptors (Lipinski definition) is 5. The summed E-state index contributed by atoms with van der Waals surface area (Å²) in [4.78, 5) is 18.4. The topological polar surface area (TPSA) is 68.5 Å². The number of halogens is 1. The van der Waals surface area contributed by atoms with Crippen LogP contribution in [0, 0.1) is 6.92 Å². The second-order valence-electron chi connectivity index (χ2n) is 6.18. The van der Waals surface area contributed by atoms with Gasteiger partial charge in [0.25, 0.3) is 5.91 Å². The van der Waals surface area contributed by atoms with Crippen molar-refractivity contribution in [2.24, 2.45) is 0 Å². The third-order valence-electron chi connectivity index (χ3n) is 3.98. The number of hydrogen-bond donors (Lipinski definition) is 0. The zero-order valence-electron chi connectivity index (χ0n) is 15.5. The summed E-state index contributed by atoms with van der Waals surface area (Å²) in [5.41, 5.74) is 2.00. The summed E-state index contributed by atoms with van der Waals surface area (Å²) in [6, 6.07) is 14.6. The molecule has 0 saturated heterocycles. The van der Waals surface area contributed by atoms with Gasteiger partial charge in [-0.1, -0.05) is 52.7 Å². The lowest BCUT2D eigenvalue weighted by atomic mass is 10.1. The molecular formula is C21H20ClN3O3. The predicted molar refractivity (Wildman–Crippen MR) is 107 cm³/mol. The summed E-state index contributed by atoms with van der Waals surface area (Å²) in [5.74, 6) is 1.18. The molecule has 3 rings (SSSR count). The minimum atomic E-state index is -0.218. The van der Waals surface area contributed by atoms with Crippen molar-refractivity contribution in [3.63, 3.8) is 0 Å². The molecule has 0 fully saturated rings. The molecule has 0 spiro atoms. The summed E-state index contributed by atoms with van der Waals surface area (Å²) in [7, 11) is 0. The highest BCUT2D eigenvalue weighted by Crippen LogP contribution is 2.18. The maximum atomic E-state index is 12.5. The largest absolute Gasteiger partial charge is 0.484 e. The Morgan fingerprint density at radius 1 is 1.21 bits per heavy atom. The number of aromatic nitrogens is 2. The van der Waals surface area contributed by atoms with E-state index in [0.717, 1.165) is 11.1 Å². The summed E-state index contributed by atoms with van der Waals surface area (Å²) in [6.45, 7) is 6.10. The monoisotopic (exact) mass is 397 g/mol. The summed E-state index contributed by atoms with van der Waals surface area (Å²) in [6.07, 6.45) is 1.64. The molecule has 144 valence electrons. The molecule has 0 aliphatic heterocycles. The number of aryl methyl sites for hydroxylation is 1. The Morgan fingerprint density at radius 3 is 2.61 bits per heavy atom. The van der Waals surface area contributed by atoms with Gasteiger partial charge in [0.2, 0.25) is 11.7 Å². The SMILES string of the molecule is C=CCN(Cc1nc(-c2ccc(C)cc2)no1)C(=O)COc1ccc(Cl)cc1. The van der Waals surface area contributed by atoms with Crippen LogP contribution in [0.2, 0.25) is 5.02 Å². The molecule has 0 N–H and O–H groups in total. The first kappa shape index (κ1) is 19.6. The second-order valence-corrected chi connectivity index (χ2v) is 6.62. The van der Waals surface area contributed by atoms with Gasteiger partial charge in [0.05, 0.1) is 0 Å². The maximum Gasteiger partial charge on any atom is 0.261 e. The third-order valence-corrected chi connectivity index (χ3v) is 4.23. The highest BCUT2D eigenvalue weighted by atomic mass is 35.5. The van der Waals surface area contributed by atoms with Gasteiger partial charge in [0, 0.05) is 17.1 Å². The molecular weight excluding hydrogens is 378 g/mol. The van der Waals surface area contributed by atoms with Crippen molar-refractivity contribution in [1.29, 1.82) is 0 Å². The van der Waals surface area contributed by atoms with E-state index in [2.05, 4.69) is 16.7 Å². The molecule has 1 heterocycles. The van der Waals surface area contributed by atoms with Gasteiger partial charge < -0.3 is 14.2 Å². The Labute approximate surface area is 168 Å². The van der Waals surface area contributed by atoms with Gasteiger partial charge in [-0.15, -0.1) is 6.58 Å². The van der Waals surface area contributed by atoms with E-state index in [4.69, 9.17) is 20.9 Å². The summed E-state index contributed by atoms with van der Waals surface area (Å²) >= 11 is 5.85. The van der Waals surface area contributed by atoms with E-state index in [1.165, 1.54) is 4.90 Å². The molecule has 0 radical (unpaired) electrons. The van der Waals surface area contributed by atoms with Crippen LogP contribution in [0.1, 0.15) is 11.5 Å². The van der Waals surface area contributed by atoms with Gasteiger partial charge in [-0.3, -0.25) is 4.79 Å². The lowest BCUT2D eigenvalue weighted by molar-refractivity contribution is -0.133. The molecule has 28 heavy (non-hydrogen) atoms. The van der Waals surface area contributed by atoms with E-state index in [1.54, 1.807) is 30.3 Å². The Balaban J connectivity index is 1.63. The fraction of sp³-hybridized carbons (Fsp3) is 0.190. The molecule has 7 heteroatoms. The molecule has 0 aliphatic rings. The van der Waals surface area contributed by atoms with E-state index in [1.807, 2.05) is 31.2 Å². The van der Waals surface area contributed by atoms with Crippen LogP contribution in [0.5, 0.6) is 5.75 Å². The van der Waals surface area contributed by atoms with Gasteiger partial charge in [0.1, 0.15) is 12.3 Å². The van der Waals surface area contributed by atoms with Crippen LogP contribution in [-0.4, -0.2) is 34.1 Å². The quantitative estimate of drug-likeness (QED) is 0.530. The first-order chi connectivity index (χ1) is 13.5. The highest BCUT2D eigenvalue weighted by Gasteiger charge is 2.18. The van der Waals surface area contributed by atoms with E-state index < -0.39 is 0 Å². The fourth-order valence-electron chi connectivity index (χ4n) is 2.48. The first-order valence-corrected chi connectivity index (χ1v) is 9.09. The van der Waals surface area contributed by atoms with Crippen molar-refractivity contribution in [2.75, 3.05) is 13.2 Å². The number of carbonyl (C=O) groups is 1. The van der Waals surface area contributed by atoms with E-state index in [-0.39, 0.29) is 19.1 Å². The molecule has 2 aromatic carbocycles. The van der Waals surface area contributed by atoms with Gasteiger partial charge in [-0.05, 0) is 31.2 Å². The smallest absolute Gasteiger partial charge is 0.261 e. The molecule has 0 bridgehead atoms. The first-order valence-electron chi connectivity index (χ1n) is 8.72. The van der Waals surface area contributed by atoms with Crippen LogP contribution in [0.4, 0.5) is 0 Å². The Hall–Kier alpha value is -3.12. The Bertz CT molecular complexity index is 936. The van der Waals surface area contributed by atoms with Crippen LogP contribution in [0.25, 0.3) is 11.4 Å². The van der Waals surface area contributed by atoms with Crippen molar-refractivity contribution in [3.8, 4) is 17.1 Å². The maximum absolute atomic E-state index is 12.5. The minimum Gasteiger partial charge on any atom is -0.484 e. The highest BCUT2D eigenvalue weighted by molar-refractivity contribution is 6.30. The van der Waals surface area contributed by atoms with Gasteiger partial charge in [-0.25, -0.2) is 0 Å². The molecule has 1 amide bonds. The summed E-state index contributed by atoms with van der Waals surface area (Å²) < 4.78 is 10.8. The number of nitrogens with zero attached hydrogens (tertiary/aromatic N) is 3. The molecule has 6 nitrogen and oxygen atoms in total. The molecule has 0 saturated carbocycles. The van der Waals surface area contributed by atoms with Crippen LogP contribution in [0.15, 0.2) is 65.7 Å². The molecule has 0 atom stereocenters. The minimum absolute atomic E-state index is 0.117. The van der Waals surface area contributed by atoms with Crippen molar-refractivity contribution in [1.82, 2.24) is 15.0 Å². The lowest BCUT2D eigenvalue weighted by Gasteiger charge is -2.19. The standard InChI is InChI=1S/C21H20ClN3O3/c1-3-12-25(20(26)14-27-18-10-8-17(22)9-11-18)13-19-23-21(24-28-19)16-6-4-15(2)5-7-16/h3-11H,1,12-14H2,2H3. The zero-order valence-corrected chi connectivity index (χ0v) is 16.2. The van der Waals surface area contributed by atoms with Gasteiger partial charge in [-0.2, -0.15) is 4.98 Å². The number of benzene rings is 2. The lowest BCUT2D eigenvalue weighted by Crippen LogP contribution is -2.34. The van der Waals surface area contributed by atoms with Crippen LogP contribution >= 0.6 is 11.6 Å². The van der Waals surface area contributed by atoms with Crippen LogP contribution in [-0.2, 0) is 11.3 Å². The number of amides is 1. The Morgan fingerprint density at radius 2 is 1.93 bits per heavy atom. The van der Waals surface area contributed by atoms with Gasteiger partial charge >= 0.3 is 0 Å². The molecule has 0 unspecified atom stereocenters. The molecule has 0 aliphatic carbocycles. The fourth-order valence-corrected chi connectivity index (χ4v) is 2.61. The van der Waals surface area contributed by atoms with E-state index >= 15 is 0 Å². The van der Waals surface area contributed by atoms with Crippen molar-refractivity contribution in [2.45, 2.75) is 13.5 Å². The van der Waals surface area contributed by atoms with E-state index in [0.29, 0.717) is 29.0 Å². The number of rotatable bonds is 8. The number of ether oxygens (including phenoxy) is 1. The van der Waals surface area contributed by atoms with Crippen LogP contribution < -0.4 is 4.74 Å². The third kappa shape index (κ3) is 5.20. The normalized spacial score (nSPS) is 10.5.